The van der Waals surface area contributed by atoms with Crippen molar-refractivity contribution in [3.05, 3.63) is 66.1 Å². The van der Waals surface area contributed by atoms with E-state index < -0.39 is 5.60 Å². The Morgan fingerprint density at radius 1 is 1.05 bits per heavy atom. The molecule has 2 fully saturated rings. The molecule has 2 aliphatic rings. The van der Waals surface area contributed by atoms with Crippen molar-refractivity contribution >= 4 is 16.8 Å². The quantitative estimate of drug-likeness (QED) is 0.445. The van der Waals surface area contributed by atoms with E-state index in [0.29, 0.717) is 24.9 Å². The first kappa shape index (κ1) is 26.7. The largest absolute Gasteiger partial charge is 0.491 e. The van der Waals surface area contributed by atoms with Crippen molar-refractivity contribution in [3.8, 4) is 5.75 Å². The summed E-state index contributed by atoms with van der Waals surface area (Å²) < 4.78 is 28.3. The number of carbonyl (C=O) groups is 1. The number of ether oxygens (including phenoxy) is 2. The number of benzene rings is 2. The van der Waals surface area contributed by atoms with Crippen LogP contribution in [0, 0.1) is 5.82 Å². The molecule has 0 bridgehead atoms. The Morgan fingerprint density at radius 2 is 1.79 bits per heavy atom. The first-order valence-corrected chi connectivity index (χ1v) is 13.6. The zero-order valence-electron chi connectivity index (χ0n) is 22.7. The highest BCUT2D eigenvalue weighted by Crippen LogP contribution is 2.30. The second kappa shape index (κ2) is 11.4. The number of carbonyl (C=O) groups excluding carboxylic acids is 1. The van der Waals surface area contributed by atoms with Gasteiger partial charge in [-0.25, -0.2) is 4.39 Å². The van der Waals surface area contributed by atoms with Crippen LogP contribution < -0.4 is 4.74 Å². The number of amides is 1. The summed E-state index contributed by atoms with van der Waals surface area (Å²) in [6.45, 7) is 10.5. The van der Waals surface area contributed by atoms with Crippen LogP contribution in [0.1, 0.15) is 31.9 Å². The SMILES string of the molecule is CC(C)n1cc(CN2CCO[C@@](COc3ccc(F)cc3)(CC(=O)N3CCN(C)CC3)C2)c2ccccc21. The van der Waals surface area contributed by atoms with Crippen LogP contribution in [-0.4, -0.2) is 90.3 Å². The third kappa shape index (κ3) is 6.03. The van der Waals surface area contributed by atoms with Crippen LogP contribution in [0.15, 0.2) is 54.7 Å². The highest BCUT2D eigenvalue weighted by Gasteiger charge is 2.41. The Hall–Kier alpha value is -2.94. The maximum atomic E-state index is 13.5. The number of aromatic nitrogens is 1. The number of fused-ring (bicyclic) bond motifs is 1. The van der Waals surface area contributed by atoms with Gasteiger partial charge in [0.05, 0.1) is 13.0 Å². The highest BCUT2D eigenvalue weighted by molar-refractivity contribution is 5.84. The fourth-order valence-electron chi connectivity index (χ4n) is 5.56. The lowest BCUT2D eigenvalue weighted by Crippen LogP contribution is -2.58. The van der Waals surface area contributed by atoms with E-state index in [1.807, 2.05) is 4.90 Å². The summed E-state index contributed by atoms with van der Waals surface area (Å²) in [6.07, 6.45) is 2.51. The molecule has 2 aliphatic heterocycles. The first-order valence-electron chi connectivity index (χ1n) is 13.6. The Labute approximate surface area is 224 Å². The number of morpholine rings is 1. The Kier molecular flexibility index (Phi) is 8.02. The van der Waals surface area contributed by atoms with Crippen LogP contribution in [0.3, 0.4) is 0 Å². The number of para-hydroxylation sites is 1. The van der Waals surface area contributed by atoms with Gasteiger partial charge in [-0.1, -0.05) is 18.2 Å². The van der Waals surface area contributed by atoms with Gasteiger partial charge in [-0.05, 0) is 56.8 Å². The summed E-state index contributed by atoms with van der Waals surface area (Å²) >= 11 is 0. The molecule has 38 heavy (non-hydrogen) atoms. The van der Waals surface area contributed by atoms with Crippen molar-refractivity contribution in [1.29, 1.82) is 0 Å². The lowest BCUT2D eigenvalue weighted by atomic mass is 9.96. The minimum atomic E-state index is -0.788. The molecule has 8 heteroatoms. The average Bonchev–Trinajstić information content (AvgIpc) is 3.28. The normalized spacial score (nSPS) is 21.3. The maximum Gasteiger partial charge on any atom is 0.225 e. The van der Waals surface area contributed by atoms with Gasteiger partial charge in [0.2, 0.25) is 5.91 Å². The molecule has 1 atom stereocenters. The van der Waals surface area contributed by atoms with Crippen LogP contribution in [0.5, 0.6) is 5.75 Å². The van der Waals surface area contributed by atoms with Crippen molar-refractivity contribution in [2.75, 3.05) is 59.5 Å². The topological polar surface area (TPSA) is 50.2 Å². The molecule has 3 aromatic rings. The molecule has 1 aromatic heterocycles. The van der Waals surface area contributed by atoms with Crippen LogP contribution in [0.4, 0.5) is 4.39 Å². The summed E-state index contributed by atoms with van der Waals surface area (Å²) in [5.41, 5.74) is 1.72. The number of piperazine rings is 1. The van der Waals surface area contributed by atoms with Crippen LogP contribution in [0.25, 0.3) is 10.9 Å². The molecule has 7 nitrogen and oxygen atoms in total. The molecule has 0 saturated carbocycles. The lowest BCUT2D eigenvalue weighted by molar-refractivity contribution is -0.157. The third-order valence-corrected chi connectivity index (χ3v) is 7.75. The van der Waals surface area contributed by atoms with Gasteiger partial charge in [0.15, 0.2) is 0 Å². The Morgan fingerprint density at radius 3 is 2.53 bits per heavy atom. The molecule has 1 amide bonds. The molecule has 204 valence electrons. The zero-order chi connectivity index (χ0) is 26.7. The molecule has 0 spiro atoms. The fraction of sp³-hybridized carbons (Fsp3) is 0.500. The number of rotatable bonds is 8. The second-order valence-corrected chi connectivity index (χ2v) is 11.0. The molecule has 5 rings (SSSR count). The summed E-state index contributed by atoms with van der Waals surface area (Å²) in [5, 5.41) is 1.26. The number of hydrogen-bond donors (Lipinski definition) is 0. The third-order valence-electron chi connectivity index (χ3n) is 7.75. The number of hydrogen-bond acceptors (Lipinski definition) is 5. The summed E-state index contributed by atoms with van der Waals surface area (Å²) in [4.78, 5) is 20.0. The van der Waals surface area contributed by atoms with Gasteiger partial charge in [0, 0.05) is 69.0 Å². The molecule has 0 unspecified atom stereocenters. The predicted octanol–water partition coefficient (Wildman–Crippen LogP) is 4.18. The Bertz CT molecular complexity index is 1240. The molecule has 0 N–H and O–H groups in total. The van der Waals surface area contributed by atoms with Crippen molar-refractivity contribution in [3.63, 3.8) is 0 Å². The number of likely N-dealkylation sites (N-methyl/N-ethyl adjacent to an activating group) is 1. The maximum absolute atomic E-state index is 13.5. The van der Waals surface area contributed by atoms with Crippen molar-refractivity contribution in [2.24, 2.45) is 0 Å². The van der Waals surface area contributed by atoms with E-state index in [9.17, 15) is 9.18 Å². The summed E-state index contributed by atoms with van der Waals surface area (Å²) in [7, 11) is 2.08. The second-order valence-electron chi connectivity index (χ2n) is 11.0. The van der Waals surface area contributed by atoms with E-state index in [2.05, 4.69) is 65.7 Å². The Balaban J connectivity index is 1.36. The van der Waals surface area contributed by atoms with E-state index in [4.69, 9.17) is 9.47 Å². The number of nitrogens with zero attached hydrogens (tertiary/aromatic N) is 4. The van der Waals surface area contributed by atoms with Crippen LogP contribution in [-0.2, 0) is 16.1 Å². The zero-order valence-corrected chi connectivity index (χ0v) is 22.7. The smallest absolute Gasteiger partial charge is 0.225 e. The van der Waals surface area contributed by atoms with Crippen LogP contribution >= 0.6 is 0 Å². The van der Waals surface area contributed by atoms with E-state index >= 15 is 0 Å². The van der Waals surface area contributed by atoms with E-state index in [1.165, 1.54) is 28.6 Å². The fourth-order valence-corrected chi connectivity index (χ4v) is 5.56. The van der Waals surface area contributed by atoms with Crippen molar-refractivity contribution < 1.29 is 18.7 Å². The van der Waals surface area contributed by atoms with Gasteiger partial charge in [-0.3, -0.25) is 9.69 Å². The summed E-state index contributed by atoms with van der Waals surface area (Å²) in [5.74, 6) is 0.357. The van der Waals surface area contributed by atoms with E-state index in [1.54, 1.807) is 12.1 Å². The van der Waals surface area contributed by atoms with Gasteiger partial charge in [-0.2, -0.15) is 0 Å². The monoisotopic (exact) mass is 522 g/mol. The average molecular weight is 523 g/mol. The van der Waals surface area contributed by atoms with Crippen molar-refractivity contribution in [2.45, 2.75) is 38.5 Å². The number of halogens is 1. The molecule has 2 aromatic carbocycles. The molecule has 0 radical (unpaired) electrons. The van der Waals surface area contributed by atoms with E-state index in [0.717, 1.165) is 39.3 Å². The van der Waals surface area contributed by atoms with E-state index in [-0.39, 0.29) is 24.8 Å². The van der Waals surface area contributed by atoms with Gasteiger partial charge in [0.25, 0.3) is 0 Å². The van der Waals surface area contributed by atoms with Crippen LogP contribution in [0.2, 0.25) is 0 Å². The van der Waals surface area contributed by atoms with Gasteiger partial charge >= 0.3 is 0 Å². The van der Waals surface area contributed by atoms with Gasteiger partial charge in [-0.15, -0.1) is 0 Å². The summed E-state index contributed by atoms with van der Waals surface area (Å²) in [6, 6.07) is 14.9. The molecule has 2 saturated heterocycles. The molecular weight excluding hydrogens is 483 g/mol. The highest BCUT2D eigenvalue weighted by atomic mass is 19.1. The lowest BCUT2D eigenvalue weighted by Gasteiger charge is -2.43. The molecular formula is C30H39FN4O3. The minimum absolute atomic E-state index is 0.0964. The first-order chi connectivity index (χ1) is 18.3. The van der Waals surface area contributed by atoms with Crippen molar-refractivity contribution in [1.82, 2.24) is 19.3 Å². The van der Waals surface area contributed by atoms with Gasteiger partial charge in [0.1, 0.15) is 23.8 Å². The predicted molar refractivity (Wildman–Crippen MR) is 147 cm³/mol. The van der Waals surface area contributed by atoms with Gasteiger partial charge < -0.3 is 23.8 Å². The standard InChI is InChI=1S/C30H39FN4O3/c1-23(2)35-20-24(27-6-4-5-7-28(27)35)19-33-16-17-38-30(21-33,22-37-26-10-8-25(31)9-11-26)18-29(36)34-14-12-32(3)13-15-34/h4-11,20,23H,12-19,21-22H2,1-3H3/t30-/m0/s1. The molecule has 3 heterocycles. The minimum Gasteiger partial charge on any atom is -0.491 e. The molecule has 0 aliphatic carbocycles.